The smallest absolute Gasteiger partial charge is 0.220 e. The van der Waals surface area contributed by atoms with Crippen molar-refractivity contribution in [1.82, 2.24) is 15.3 Å². The molecule has 0 saturated heterocycles. The monoisotopic (exact) mass is 407 g/mol. The molecule has 0 atom stereocenters. The number of nitrogens with zero attached hydrogens (tertiary/aromatic N) is 2. The van der Waals surface area contributed by atoms with Crippen molar-refractivity contribution in [3.63, 3.8) is 0 Å². The van der Waals surface area contributed by atoms with Crippen molar-refractivity contribution in [3.05, 3.63) is 120 Å². The molecule has 31 heavy (non-hydrogen) atoms. The first-order chi connectivity index (χ1) is 15.3. The van der Waals surface area contributed by atoms with Gasteiger partial charge in [-0.25, -0.2) is 9.97 Å². The minimum absolute atomic E-state index is 0.0379. The summed E-state index contributed by atoms with van der Waals surface area (Å²) in [6.45, 7) is 0.559. The predicted octanol–water partition coefficient (Wildman–Crippen LogP) is 5.02. The molecule has 154 valence electrons. The van der Waals surface area contributed by atoms with Gasteiger partial charge < -0.3 is 5.32 Å². The summed E-state index contributed by atoms with van der Waals surface area (Å²) in [6.07, 6.45) is 4.77. The lowest BCUT2D eigenvalue weighted by Gasteiger charge is -2.18. The Balaban J connectivity index is 1.34. The first kappa shape index (κ1) is 20.5. The van der Waals surface area contributed by atoms with Gasteiger partial charge in [0.25, 0.3) is 0 Å². The number of hydrogen-bond donors (Lipinski definition) is 1. The lowest BCUT2D eigenvalue weighted by Crippen LogP contribution is -2.27. The maximum Gasteiger partial charge on any atom is 0.220 e. The van der Waals surface area contributed by atoms with Gasteiger partial charge in [-0.2, -0.15) is 0 Å². The third kappa shape index (κ3) is 5.64. The molecule has 4 aromatic rings. The van der Waals surface area contributed by atoms with Crippen molar-refractivity contribution in [3.8, 4) is 11.4 Å². The third-order valence-electron chi connectivity index (χ3n) is 5.27. The summed E-state index contributed by atoms with van der Waals surface area (Å²) in [7, 11) is 0. The molecule has 4 heteroatoms. The SMILES string of the molecule is O=C(CC(c1ccccc1)c1ccccc1)NCCc1cnc(-c2ccccc2)nc1. The largest absolute Gasteiger partial charge is 0.356 e. The Hall–Kier alpha value is -3.79. The Morgan fingerprint density at radius 2 is 1.26 bits per heavy atom. The van der Waals surface area contributed by atoms with Crippen LogP contribution in [0.4, 0.5) is 0 Å². The zero-order chi connectivity index (χ0) is 21.3. The molecule has 0 fully saturated rings. The average Bonchev–Trinajstić information content (AvgIpc) is 2.85. The van der Waals surface area contributed by atoms with Gasteiger partial charge in [0, 0.05) is 36.8 Å². The van der Waals surface area contributed by atoms with Crippen LogP contribution < -0.4 is 5.32 Å². The lowest BCUT2D eigenvalue weighted by molar-refractivity contribution is -0.121. The van der Waals surface area contributed by atoms with Gasteiger partial charge in [0.1, 0.15) is 0 Å². The first-order valence-electron chi connectivity index (χ1n) is 10.5. The molecule has 0 unspecified atom stereocenters. The highest BCUT2D eigenvalue weighted by Gasteiger charge is 2.17. The van der Waals surface area contributed by atoms with Gasteiger partial charge in [-0.05, 0) is 23.1 Å². The highest BCUT2D eigenvalue weighted by Crippen LogP contribution is 2.27. The van der Waals surface area contributed by atoms with Crippen LogP contribution in [0.1, 0.15) is 29.0 Å². The Morgan fingerprint density at radius 1 is 0.742 bits per heavy atom. The van der Waals surface area contributed by atoms with Crippen LogP contribution in [-0.2, 0) is 11.2 Å². The standard InChI is InChI=1S/C27H25N3O/c31-26(18-25(22-10-4-1-5-11-22)23-12-6-2-7-13-23)28-17-16-21-19-29-27(30-20-21)24-14-8-3-9-15-24/h1-15,19-20,25H,16-18H2,(H,28,31). The fourth-order valence-electron chi connectivity index (χ4n) is 3.62. The summed E-state index contributed by atoms with van der Waals surface area (Å²) in [5, 5.41) is 3.05. The molecule has 4 nitrogen and oxygen atoms in total. The van der Waals surface area contributed by atoms with Crippen molar-refractivity contribution in [2.45, 2.75) is 18.8 Å². The predicted molar refractivity (Wildman–Crippen MR) is 124 cm³/mol. The van der Waals surface area contributed by atoms with E-state index in [9.17, 15) is 4.79 Å². The van der Waals surface area contributed by atoms with E-state index in [1.807, 2.05) is 79.1 Å². The number of nitrogens with one attached hydrogen (secondary N) is 1. The van der Waals surface area contributed by atoms with Crippen molar-refractivity contribution in [1.29, 1.82) is 0 Å². The van der Waals surface area contributed by atoms with Crippen LogP contribution in [-0.4, -0.2) is 22.4 Å². The minimum Gasteiger partial charge on any atom is -0.356 e. The molecule has 1 N–H and O–H groups in total. The molecule has 0 saturated carbocycles. The van der Waals surface area contributed by atoms with Crippen LogP contribution in [0.5, 0.6) is 0 Å². The van der Waals surface area contributed by atoms with Crippen LogP contribution in [0.2, 0.25) is 0 Å². The van der Waals surface area contributed by atoms with Crippen LogP contribution in [0.25, 0.3) is 11.4 Å². The molecule has 0 aliphatic carbocycles. The number of carbonyl (C=O) groups is 1. The number of rotatable bonds is 8. The van der Waals surface area contributed by atoms with Crippen LogP contribution in [0.3, 0.4) is 0 Å². The molecule has 1 heterocycles. The Morgan fingerprint density at radius 3 is 1.81 bits per heavy atom. The maximum atomic E-state index is 12.7. The number of amides is 1. The first-order valence-corrected chi connectivity index (χ1v) is 10.5. The summed E-state index contributed by atoms with van der Waals surface area (Å²) in [4.78, 5) is 21.6. The fourth-order valence-corrected chi connectivity index (χ4v) is 3.62. The van der Waals surface area contributed by atoms with Gasteiger partial charge >= 0.3 is 0 Å². The second kappa shape index (κ2) is 10.3. The molecule has 3 aromatic carbocycles. The normalized spacial score (nSPS) is 10.7. The lowest BCUT2D eigenvalue weighted by atomic mass is 9.88. The van der Waals surface area contributed by atoms with Gasteiger partial charge in [-0.15, -0.1) is 0 Å². The highest BCUT2D eigenvalue weighted by atomic mass is 16.1. The molecule has 1 aromatic heterocycles. The molecular weight excluding hydrogens is 382 g/mol. The van der Waals surface area contributed by atoms with Crippen molar-refractivity contribution in [2.24, 2.45) is 0 Å². The van der Waals surface area contributed by atoms with Gasteiger partial charge in [-0.1, -0.05) is 91.0 Å². The van der Waals surface area contributed by atoms with Gasteiger partial charge in [0.05, 0.1) is 0 Å². The van der Waals surface area contributed by atoms with Crippen LogP contribution in [0.15, 0.2) is 103 Å². The maximum absolute atomic E-state index is 12.7. The summed E-state index contributed by atoms with van der Waals surface area (Å²) >= 11 is 0. The Labute approximate surface area is 183 Å². The quantitative estimate of drug-likeness (QED) is 0.446. The number of benzene rings is 3. The molecule has 4 rings (SSSR count). The van der Waals surface area contributed by atoms with E-state index in [0.717, 1.165) is 22.3 Å². The molecule has 1 amide bonds. The molecule has 0 radical (unpaired) electrons. The van der Waals surface area contributed by atoms with E-state index in [-0.39, 0.29) is 11.8 Å². The van der Waals surface area contributed by atoms with E-state index in [0.29, 0.717) is 25.2 Å². The highest BCUT2D eigenvalue weighted by molar-refractivity contribution is 5.77. The Kier molecular flexibility index (Phi) is 6.81. The zero-order valence-electron chi connectivity index (χ0n) is 17.3. The third-order valence-corrected chi connectivity index (χ3v) is 5.27. The Bertz CT molecular complexity index is 1040. The second-order valence-corrected chi connectivity index (χ2v) is 7.46. The van der Waals surface area contributed by atoms with E-state index >= 15 is 0 Å². The van der Waals surface area contributed by atoms with Crippen LogP contribution in [0, 0.1) is 0 Å². The fraction of sp³-hybridized carbons (Fsp3) is 0.148. The van der Waals surface area contributed by atoms with Gasteiger partial charge in [0.15, 0.2) is 5.82 Å². The number of hydrogen-bond acceptors (Lipinski definition) is 3. The molecule has 0 spiro atoms. The van der Waals surface area contributed by atoms with E-state index < -0.39 is 0 Å². The molecular formula is C27H25N3O. The summed E-state index contributed by atoms with van der Waals surface area (Å²) in [6, 6.07) is 30.3. The van der Waals surface area contributed by atoms with Gasteiger partial charge in [-0.3, -0.25) is 4.79 Å². The van der Waals surface area contributed by atoms with E-state index in [1.165, 1.54) is 0 Å². The number of aromatic nitrogens is 2. The summed E-state index contributed by atoms with van der Waals surface area (Å²) in [5.41, 5.74) is 4.29. The van der Waals surface area contributed by atoms with Gasteiger partial charge in [0.2, 0.25) is 5.91 Å². The molecule has 0 aliphatic heterocycles. The minimum atomic E-state index is 0.0379. The van der Waals surface area contributed by atoms with Crippen molar-refractivity contribution in [2.75, 3.05) is 6.54 Å². The van der Waals surface area contributed by atoms with Crippen LogP contribution >= 0.6 is 0 Å². The topological polar surface area (TPSA) is 54.9 Å². The number of carbonyl (C=O) groups excluding carboxylic acids is 1. The average molecular weight is 408 g/mol. The summed E-state index contributed by atoms with van der Waals surface area (Å²) < 4.78 is 0. The van der Waals surface area contributed by atoms with E-state index in [2.05, 4.69) is 39.6 Å². The zero-order valence-corrected chi connectivity index (χ0v) is 17.3. The van der Waals surface area contributed by atoms with E-state index in [4.69, 9.17) is 0 Å². The molecule has 0 aliphatic rings. The molecule has 0 bridgehead atoms. The van der Waals surface area contributed by atoms with E-state index in [1.54, 1.807) is 0 Å². The second-order valence-electron chi connectivity index (χ2n) is 7.46. The van der Waals surface area contributed by atoms with Crippen molar-refractivity contribution < 1.29 is 4.79 Å². The summed E-state index contributed by atoms with van der Waals surface area (Å²) in [5.74, 6) is 0.789. The van der Waals surface area contributed by atoms with Crippen molar-refractivity contribution >= 4 is 5.91 Å².